The minimum Gasteiger partial charge on any atom is -0.387 e. The van der Waals surface area contributed by atoms with Crippen molar-refractivity contribution in [2.24, 2.45) is 0 Å². The van der Waals surface area contributed by atoms with E-state index in [9.17, 15) is 0 Å². The summed E-state index contributed by atoms with van der Waals surface area (Å²) >= 11 is 7.64. The Kier molecular flexibility index (Phi) is 2.75. The maximum absolute atomic E-state index is 5.92. The molecule has 0 fully saturated rings. The van der Waals surface area contributed by atoms with E-state index in [1.807, 2.05) is 25.2 Å². The highest BCUT2D eigenvalue weighted by molar-refractivity contribution is 7.14. The molecule has 1 nitrogen and oxygen atoms in total. The molecule has 1 aromatic carbocycles. The van der Waals surface area contributed by atoms with E-state index in [2.05, 4.69) is 22.8 Å². The van der Waals surface area contributed by atoms with E-state index in [1.165, 1.54) is 10.4 Å². The number of hydrogen-bond acceptors (Lipinski definition) is 2. The summed E-state index contributed by atoms with van der Waals surface area (Å²) in [6, 6.07) is 10.0. The Balaban J connectivity index is 2.39. The fraction of sp³-hybridized carbons (Fsp3) is 0.0909. The average molecular weight is 224 g/mol. The van der Waals surface area contributed by atoms with Crippen molar-refractivity contribution in [3.05, 3.63) is 40.7 Å². The molecule has 0 atom stereocenters. The van der Waals surface area contributed by atoms with Crippen molar-refractivity contribution in [2.75, 3.05) is 12.4 Å². The van der Waals surface area contributed by atoms with Crippen LogP contribution in [0.25, 0.3) is 10.4 Å². The monoisotopic (exact) mass is 223 g/mol. The minimum absolute atomic E-state index is 0.780. The molecule has 0 bridgehead atoms. The summed E-state index contributed by atoms with van der Waals surface area (Å²) in [5, 5.41) is 5.98. The van der Waals surface area contributed by atoms with Gasteiger partial charge in [0, 0.05) is 28.0 Å². The third-order valence-electron chi connectivity index (χ3n) is 2.00. The summed E-state index contributed by atoms with van der Waals surface area (Å²) in [4.78, 5) is 1.23. The molecule has 1 N–H and O–H groups in total. The van der Waals surface area contributed by atoms with Crippen LogP contribution in [-0.4, -0.2) is 7.05 Å². The number of halogens is 1. The van der Waals surface area contributed by atoms with E-state index in [-0.39, 0.29) is 0 Å². The van der Waals surface area contributed by atoms with E-state index >= 15 is 0 Å². The zero-order valence-electron chi connectivity index (χ0n) is 7.75. The van der Waals surface area contributed by atoms with Gasteiger partial charge in [0.2, 0.25) is 0 Å². The fourth-order valence-corrected chi connectivity index (χ4v) is 2.35. The molecule has 0 radical (unpaired) electrons. The summed E-state index contributed by atoms with van der Waals surface area (Å²) in [7, 11) is 1.92. The lowest BCUT2D eigenvalue weighted by Gasteiger charge is -1.97. The number of anilines is 1. The third kappa shape index (κ3) is 1.91. The molecule has 14 heavy (non-hydrogen) atoms. The lowest BCUT2D eigenvalue weighted by molar-refractivity contribution is 1.56. The van der Waals surface area contributed by atoms with Gasteiger partial charge in [-0.3, -0.25) is 0 Å². The van der Waals surface area contributed by atoms with Gasteiger partial charge in [-0.1, -0.05) is 23.7 Å². The summed E-state index contributed by atoms with van der Waals surface area (Å²) in [5.74, 6) is 0. The van der Waals surface area contributed by atoms with Crippen molar-refractivity contribution in [3.8, 4) is 10.4 Å². The standard InChI is InChI=1S/C11H10ClNS/c1-13-10-6-11(14-7-10)8-3-2-4-9(12)5-8/h2-7,13H,1H3. The van der Waals surface area contributed by atoms with E-state index in [0.717, 1.165) is 10.7 Å². The molecule has 0 aliphatic heterocycles. The van der Waals surface area contributed by atoms with Gasteiger partial charge in [-0.05, 0) is 23.8 Å². The summed E-state index contributed by atoms with van der Waals surface area (Å²) < 4.78 is 0. The average Bonchev–Trinajstić information content (AvgIpc) is 2.66. The van der Waals surface area contributed by atoms with Gasteiger partial charge in [0.1, 0.15) is 0 Å². The summed E-state index contributed by atoms with van der Waals surface area (Å²) in [6.07, 6.45) is 0. The van der Waals surface area contributed by atoms with Crippen molar-refractivity contribution in [1.82, 2.24) is 0 Å². The third-order valence-corrected chi connectivity index (χ3v) is 3.21. The molecular weight excluding hydrogens is 214 g/mol. The lowest BCUT2D eigenvalue weighted by atomic mass is 10.2. The molecule has 0 spiro atoms. The largest absolute Gasteiger partial charge is 0.387 e. The van der Waals surface area contributed by atoms with E-state index in [1.54, 1.807) is 11.3 Å². The highest BCUT2D eigenvalue weighted by Gasteiger charge is 2.01. The van der Waals surface area contributed by atoms with Gasteiger partial charge in [-0.25, -0.2) is 0 Å². The van der Waals surface area contributed by atoms with Crippen molar-refractivity contribution in [1.29, 1.82) is 0 Å². The van der Waals surface area contributed by atoms with Crippen LogP contribution in [0.5, 0.6) is 0 Å². The highest BCUT2D eigenvalue weighted by Crippen LogP contribution is 2.30. The van der Waals surface area contributed by atoms with Gasteiger partial charge in [-0.2, -0.15) is 0 Å². The van der Waals surface area contributed by atoms with Crippen LogP contribution < -0.4 is 5.32 Å². The van der Waals surface area contributed by atoms with Crippen LogP contribution in [0.3, 0.4) is 0 Å². The van der Waals surface area contributed by atoms with Crippen molar-refractivity contribution >= 4 is 28.6 Å². The first-order valence-electron chi connectivity index (χ1n) is 4.32. The Morgan fingerprint density at radius 3 is 2.79 bits per heavy atom. The topological polar surface area (TPSA) is 12.0 Å². The summed E-state index contributed by atoms with van der Waals surface area (Å²) in [6.45, 7) is 0. The van der Waals surface area contributed by atoms with Gasteiger partial charge in [0.05, 0.1) is 0 Å². The first-order valence-corrected chi connectivity index (χ1v) is 5.57. The van der Waals surface area contributed by atoms with Gasteiger partial charge >= 0.3 is 0 Å². The van der Waals surface area contributed by atoms with Crippen LogP contribution in [0.4, 0.5) is 5.69 Å². The minimum atomic E-state index is 0.780. The second kappa shape index (κ2) is 4.03. The molecule has 0 unspecified atom stereocenters. The summed E-state index contributed by atoms with van der Waals surface area (Å²) in [5.41, 5.74) is 2.31. The molecule has 72 valence electrons. The van der Waals surface area contributed by atoms with Crippen molar-refractivity contribution < 1.29 is 0 Å². The Morgan fingerprint density at radius 2 is 2.14 bits per heavy atom. The Labute approximate surface area is 92.3 Å². The first-order chi connectivity index (χ1) is 6.79. The predicted octanol–water partition coefficient (Wildman–Crippen LogP) is 4.11. The van der Waals surface area contributed by atoms with Gasteiger partial charge in [0.15, 0.2) is 0 Å². The SMILES string of the molecule is CNc1csc(-c2cccc(Cl)c2)c1. The lowest BCUT2D eigenvalue weighted by Crippen LogP contribution is -1.82. The predicted molar refractivity (Wildman–Crippen MR) is 64.3 cm³/mol. The number of thiophene rings is 1. The molecule has 1 aromatic heterocycles. The zero-order chi connectivity index (χ0) is 9.97. The van der Waals surface area contributed by atoms with Gasteiger partial charge in [0.25, 0.3) is 0 Å². The van der Waals surface area contributed by atoms with E-state index < -0.39 is 0 Å². The number of nitrogens with one attached hydrogen (secondary N) is 1. The van der Waals surface area contributed by atoms with Crippen LogP contribution >= 0.6 is 22.9 Å². The quantitative estimate of drug-likeness (QED) is 0.808. The Bertz CT molecular complexity index is 436. The van der Waals surface area contributed by atoms with E-state index in [0.29, 0.717) is 0 Å². The van der Waals surface area contributed by atoms with Crippen LogP contribution in [-0.2, 0) is 0 Å². The van der Waals surface area contributed by atoms with Crippen LogP contribution in [0.2, 0.25) is 5.02 Å². The molecule has 1 heterocycles. The number of benzene rings is 1. The first kappa shape index (κ1) is 9.56. The van der Waals surface area contributed by atoms with Crippen LogP contribution in [0.15, 0.2) is 35.7 Å². The van der Waals surface area contributed by atoms with Crippen molar-refractivity contribution in [2.45, 2.75) is 0 Å². The Morgan fingerprint density at radius 1 is 1.29 bits per heavy atom. The molecule has 2 rings (SSSR count). The van der Waals surface area contributed by atoms with Crippen molar-refractivity contribution in [3.63, 3.8) is 0 Å². The zero-order valence-corrected chi connectivity index (χ0v) is 9.32. The van der Waals surface area contributed by atoms with Crippen LogP contribution in [0.1, 0.15) is 0 Å². The fourth-order valence-electron chi connectivity index (χ4n) is 1.26. The molecule has 0 saturated heterocycles. The molecule has 0 amide bonds. The van der Waals surface area contributed by atoms with E-state index in [4.69, 9.17) is 11.6 Å². The smallest absolute Gasteiger partial charge is 0.0452 e. The molecule has 3 heteroatoms. The molecular formula is C11H10ClNS. The Hall–Kier alpha value is -0.990. The normalized spacial score (nSPS) is 10.1. The number of rotatable bonds is 2. The number of hydrogen-bond donors (Lipinski definition) is 1. The van der Waals surface area contributed by atoms with Gasteiger partial charge in [-0.15, -0.1) is 11.3 Å². The maximum Gasteiger partial charge on any atom is 0.0452 e. The molecule has 2 aromatic rings. The molecule has 0 aliphatic carbocycles. The molecule has 0 saturated carbocycles. The highest BCUT2D eigenvalue weighted by atomic mass is 35.5. The maximum atomic E-state index is 5.92. The second-order valence-electron chi connectivity index (χ2n) is 2.96. The van der Waals surface area contributed by atoms with Gasteiger partial charge < -0.3 is 5.32 Å². The second-order valence-corrected chi connectivity index (χ2v) is 4.31. The molecule has 0 aliphatic rings. The van der Waals surface area contributed by atoms with Crippen LogP contribution in [0, 0.1) is 0 Å².